The van der Waals surface area contributed by atoms with Gasteiger partial charge in [-0.05, 0) is 55.2 Å². The van der Waals surface area contributed by atoms with E-state index >= 15 is 0 Å². The Morgan fingerprint density at radius 1 is 1.05 bits per heavy atom. The fraction of sp³-hybridized carbons (Fsp3) is 0.606. The number of aromatic hydroxyl groups is 1. The van der Waals surface area contributed by atoms with E-state index in [1.54, 1.807) is 0 Å². The van der Waals surface area contributed by atoms with Crippen LogP contribution in [0.4, 0.5) is 0 Å². The number of hydrogen-bond donors (Lipinski definition) is 2. The van der Waals surface area contributed by atoms with Crippen LogP contribution in [0.1, 0.15) is 61.6 Å². The highest BCUT2D eigenvalue weighted by molar-refractivity contribution is 5.66. The van der Waals surface area contributed by atoms with Gasteiger partial charge in [-0.2, -0.15) is 0 Å². The van der Waals surface area contributed by atoms with E-state index in [1.165, 1.54) is 12.8 Å². The van der Waals surface area contributed by atoms with E-state index in [1.807, 2.05) is 36.4 Å². The molecule has 2 N–H and O–H groups in total. The Morgan fingerprint density at radius 3 is 2.61 bits per heavy atom. The van der Waals surface area contributed by atoms with Crippen LogP contribution in [-0.4, -0.2) is 71.4 Å². The Labute approximate surface area is 240 Å². The van der Waals surface area contributed by atoms with Crippen LogP contribution < -0.4 is 4.74 Å². The van der Waals surface area contributed by atoms with E-state index in [0.717, 1.165) is 48.5 Å². The van der Waals surface area contributed by atoms with Gasteiger partial charge in [0.15, 0.2) is 17.3 Å². The van der Waals surface area contributed by atoms with E-state index in [9.17, 15) is 15.0 Å². The molecule has 6 aliphatic rings. The number of likely N-dealkylation sites (tertiary alicyclic amines) is 1. The van der Waals surface area contributed by atoms with Crippen molar-refractivity contribution < 1.29 is 34.0 Å². The van der Waals surface area contributed by atoms with Crippen LogP contribution in [0.25, 0.3) is 0 Å². The third-order valence-corrected chi connectivity index (χ3v) is 11.0. The fourth-order valence-electron chi connectivity index (χ4n) is 9.61. The predicted molar refractivity (Wildman–Crippen MR) is 149 cm³/mol. The highest BCUT2D eigenvalue weighted by Crippen LogP contribution is 2.75. The van der Waals surface area contributed by atoms with Gasteiger partial charge < -0.3 is 29.2 Å². The summed E-state index contributed by atoms with van der Waals surface area (Å²) in [6, 6.07) is 14.2. The first kappa shape index (κ1) is 26.0. The zero-order valence-corrected chi connectivity index (χ0v) is 23.5. The molecule has 4 aliphatic carbocycles. The number of rotatable bonds is 9. The fourth-order valence-corrected chi connectivity index (χ4v) is 9.61. The summed E-state index contributed by atoms with van der Waals surface area (Å²) in [5.41, 5.74) is 1.89. The van der Waals surface area contributed by atoms with Gasteiger partial charge in [0.2, 0.25) is 0 Å². The van der Waals surface area contributed by atoms with Gasteiger partial charge in [0.05, 0.1) is 31.8 Å². The molecule has 8 nitrogen and oxygen atoms in total. The van der Waals surface area contributed by atoms with E-state index in [4.69, 9.17) is 18.9 Å². The lowest BCUT2D eigenvalue weighted by Crippen LogP contribution is -2.72. The zero-order chi connectivity index (χ0) is 27.9. The molecule has 3 saturated carbocycles. The number of phenolic OH excluding ortho intramolecular Hbond substituents is 1. The number of carboxylic acids is 1. The largest absolute Gasteiger partial charge is 0.504 e. The second kappa shape index (κ2) is 9.17. The first-order valence-corrected chi connectivity index (χ1v) is 15.3. The van der Waals surface area contributed by atoms with Crippen molar-refractivity contribution in [1.29, 1.82) is 0 Å². The molecule has 218 valence electrons. The third-order valence-electron chi connectivity index (χ3n) is 11.0. The SMILES string of the molecule is O=C(O)CCO[C@@]12CCC3(CC14C[C@@]1(Cc5ccc(OCc6ccccc6)c(O)c54)CN(CC4CC4)[C@H]12)OCCO3. The summed E-state index contributed by atoms with van der Waals surface area (Å²) in [6.45, 7) is 3.71. The number of benzene rings is 2. The summed E-state index contributed by atoms with van der Waals surface area (Å²) in [4.78, 5) is 14.3. The molecule has 0 aromatic heterocycles. The number of carbonyl (C=O) groups is 1. The third kappa shape index (κ3) is 3.83. The molecule has 5 fully saturated rings. The quantitative estimate of drug-likeness (QED) is 0.465. The van der Waals surface area contributed by atoms with Gasteiger partial charge in [0.25, 0.3) is 0 Å². The lowest BCUT2D eigenvalue weighted by molar-refractivity contribution is -0.251. The molecule has 1 unspecified atom stereocenters. The molecule has 2 aliphatic heterocycles. The molecule has 3 spiro atoms. The summed E-state index contributed by atoms with van der Waals surface area (Å²) in [5, 5.41) is 21.6. The number of nitrogens with zero attached hydrogens (tertiary/aromatic N) is 1. The standard InChI is InChI=1S/C33H39NO7/c35-26(36)10-13-41-33-12-11-32(39-14-15-40-32)20-31(33)19-30(21-34(29(30)33)17-22-6-7-22)16-24-8-9-25(28(37)27(24)31)38-18-23-4-2-1-3-5-23/h1-5,8-9,22,29,37H,6-7,10-21H2,(H,35,36)/t29-,30+,31?,33-/m1/s1. The summed E-state index contributed by atoms with van der Waals surface area (Å²) < 4.78 is 25.9. The van der Waals surface area contributed by atoms with Crippen molar-refractivity contribution in [3.05, 3.63) is 59.2 Å². The monoisotopic (exact) mass is 561 g/mol. The average Bonchev–Trinajstić information content (AvgIpc) is 3.63. The molecule has 2 bridgehead atoms. The van der Waals surface area contributed by atoms with E-state index < -0.39 is 22.8 Å². The van der Waals surface area contributed by atoms with Crippen LogP contribution in [0, 0.1) is 11.3 Å². The Kier molecular flexibility index (Phi) is 5.82. The van der Waals surface area contributed by atoms with Crippen molar-refractivity contribution >= 4 is 5.97 Å². The molecule has 41 heavy (non-hydrogen) atoms. The molecular formula is C33H39NO7. The maximum atomic E-state index is 12.1. The highest BCUT2D eigenvalue weighted by Gasteiger charge is 2.81. The molecule has 0 amide bonds. The zero-order valence-electron chi connectivity index (χ0n) is 23.5. The molecule has 2 aromatic rings. The van der Waals surface area contributed by atoms with Crippen molar-refractivity contribution in [2.24, 2.45) is 11.3 Å². The first-order valence-electron chi connectivity index (χ1n) is 15.3. The van der Waals surface area contributed by atoms with Crippen LogP contribution in [-0.2, 0) is 37.4 Å². The molecule has 2 saturated heterocycles. The van der Waals surface area contributed by atoms with Crippen LogP contribution in [0.2, 0.25) is 0 Å². The van der Waals surface area contributed by atoms with Gasteiger partial charge in [-0.1, -0.05) is 36.4 Å². The minimum atomic E-state index is -0.857. The number of carboxylic acid groups (broad SMARTS) is 1. The number of hydrogen-bond acceptors (Lipinski definition) is 7. The molecule has 2 aromatic carbocycles. The van der Waals surface area contributed by atoms with Crippen molar-refractivity contribution in [2.45, 2.75) is 80.8 Å². The Balaban J connectivity index is 1.25. The van der Waals surface area contributed by atoms with E-state index in [-0.39, 0.29) is 30.2 Å². The van der Waals surface area contributed by atoms with Gasteiger partial charge in [-0.3, -0.25) is 9.69 Å². The first-order chi connectivity index (χ1) is 19.9. The minimum absolute atomic E-state index is 0.0219. The van der Waals surface area contributed by atoms with Crippen LogP contribution in [0.5, 0.6) is 11.5 Å². The average molecular weight is 562 g/mol. The second-order valence-electron chi connectivity index (χ2n) is 13.5. The molecule has 8 heteroatoms. The number of ether oxygens (including phenoxy) is 4. The lowest BCUT2D eigenvalue weighted by Gasteiger charge is -2.60. The van der Waals surface area contributed by atoms with Crippen LogP contribution in [0.15, 0.2) is 42.5 Å². The van der Waals surface area contributed by atoms with Gasteiger partial charge in [0.1, 0.15) is 6.61 Å². The van der Waals surface area contributed by atoms with Gasteiger partial charge in [0, 0.05) is 48.4 Å². The van der Waals surface area contributed by atoms with Crippen LogP contribution >= 0.6 is 0 Å². The summed E-state index contributed by atoms with van der Waals surface area (Å²) >= 11 is 0. The highest BCUT2D eigenvalue weighted by atomic mass is 16.7. The number of aliphatic carboxylic acids is 1. The Bertz CT molecular complexity index is 1350. The van der Waals surface area contributed by atoms with Crippen molar-refractivity contribution in [1.82, 2.24) is 4.90 Å². The number of phenols is 1. The maximum Gasteiger partial charge on any atom is 0.305 e. The van der Waals surface area contributed by atoms with Gasteiger partial charge >= 0.3 is 5.97 Å². The van der Waals surface area contributed by atoms with Crippen LogP contribution in [0.3, 0.4) is 0 Å². The normalized spacial score (nSPS) is 34.5. The smallest absolute Gasteiger partial charge is 0.305 e. The van der Waals surface area contributed by atoms with Gasteiger partial charge in [-0.15, -0.1) is 0 Å². The lowest BCUT2D eigenvalue weighted by atomic mass is 9.56. The summed E-state index contributed by atoms with van der Waals surface area (Å²) in [5.74, 6) is -0.174. The summed E-state index contributed by atoms with van der Waals surface area (Å²) in [6.07, 6.45) is 6.25. The molecular weight excluding hydrogens is 522 g/mol. The predicted octanol–water partition coefficient (Wildman–Crippen LogP) is 4.41. The van der Waals surface area contributed by atoms with Crippen molar-refractivity contribution in [3.8, 4) is 11.5 Å². The second-order valence-corrected chi connectivity index (χ2v) is 13.5. The van der Waals surface area contributed by atoms with Crippen molar-refractivity contribution in [2.75, 3.05) is 32.9 Å². The molecule has 2 heterocycles. The maximum absolute atomic E-state index is 12.1. The molecule has 0 radical (unpaired) electrons. The topological polar surface area (TPSA) is 97.7 Å². The van der Waals surface area contributed by atoms with E-state index in [2.05, 4.69) is 11.0 Å². The van der Waals surface area contributed by atoms with Crippen molar-refractivity contribution in [3.63, 3.8) is 0 Å². The summed E-state index contributed by atoms with van der Waals surface area (Å²) in [7, 11) is 0. The Hall–Kier alpha value is -2.65. The molecule has 4 atom stereocenters. The van der Waals surface area contributed by atoms with Gasteiger partial charge in [-0.25, -0.2) is 0 Å². The molecule has 8 rings (SSSR count). The van der Waals surface area contributed by atoms with E-state index in [0.29, 0.717) is 44.8 Å². The Morgan fingerprint density at radius 2 is 1.85 bits per heavy atom. The number of fused-ring (bicyclic) bond motifs is 2. The minimum Gasteiger partial charge on any atom is -0.504 e.